The molecule has 0 N–H and O–H groups in total. The first-order valence-corrected chi connectivity index (χ1v) is 8.76. The van der Waals surface area contributed by atoms with Crippen LogP contribution in [0.5, 0.6) is 17.2 Å². The first-order chi connectivity index (χ1) is 14.4. The van der Waals surface area contributed by atoms with Gasteiger partial charge in [0.15, 0.2) is 5.78 Å². The van der Waals surface area contributed by atoms with Gasteiger partial charge in [0.1, 0.15) is 22.8 Å². The summed E-state index contributed by atoms with van der Waals surface area (Å²) in [6.45, 7) is 0. The van der Waals surface area contributed by atoms with E-state index in [0.717, 1.165) is 0 Å². The number of nitro groups is 1. The largest absolute Gasteiger partial charge is 0.497 e. The highest BCUT2D eigenvalue weighted by Gasteiger charge is 2.17. The Bertz CT molecular complexity index is 1090. The molecule has 30 heavy (non-hydrogen) atoms. The van der Waals surface area contributed by atoms with Gasteiger partial charge in [-0.1, -0.05) is 0 Å². The van der Waals surface area contributed by atoms with Crippen LogP contribution in [-0.2, 0) is 0 Å². The molecule has 0 atom stereocenters. The van der Waals surface area contributed by atoms with Gasteiger partial charge in [0.2, 0.25) is 0 Å². The number of hydrogen-bond acceptors (Lipinski definition) is 7. The van der Waals surface area contributed by atoms with Crippen LogP contribution < -0.4 is 14.2 Å². The van der Waals surface area contributed by atoms with E-state index in [1.54, 1.807) is 12.1 Å². The third-order valence-corrected chi connectivity index (χ3v) is 4.30. The molecule has 0 radical (unpaired) electrons. The predicted octanol–water partition coefficient (Wildman–Crippen LogP) is 4.06. The van der Waals surface area contributed by atoms with Crippen molar-refractivity contribution in [2.24, 2.45) is 0 Å². The number of carbonyl (C=O) groups excluding carboxylic acids is 2. The summed E-state index contributed by atoms with van der Waals surface area (Å²) in [5.74, 6) is 0.170. The van der Waals surface area contributed by atoms with Crippen LogP contribution in [0.25, 0.3) is 0 Å². The van der Waals surface area contributed by atoms with E-state index in [4.69, 9.17) is 14.2 Å². The number of nitro benzene ring substituents is 1. The van der Waals surface area contributed by atoms with Gasteiger partial charge in [0.05, 0.1) is 19.1 Å². The zero-order valence-corrected chi connectivity index (χ0v) is 16.2. The fourth-order valence-electron chi connectivity index (χ4n) is 2.70. The number of ether oxygens (including phenoxy) is 3. The zero-order valence-electron chi connectivity index (χ0n) is 16.2. The smallest absolute Gasteiger partial charge is 0.347 e. The molecule has 8 heteroatoms. The molecule has 0 aromatic heterocycles. The standard InChI is InChI=1S/C22H17NO7/c1-28-18-11-12-19(20(13-18)29-2)22(25)30-17-9-5-15(6-10-17)21(24)14-3-7-16(8-4-14)23(26)27/h3-13H,1-2H3. The molecule has 0 spiro atoms. The topological polar surface area (TPSA) is 105 Å². The van der Waals surface area contributed by atoms with Crippen molar-refractivity contribution in [3.8, 4) is 17.2 Å². The zero-order chi connectivity index (χ0) is 21.7. The van der Waals surface area contributed by atoms with Crippen molar-refractivity contribution in [3.63, 3.8) is 0 Å². The number of methoxy groups -OCH3 is 2. The van der Waals surface area contributed by atoms with Crippen LogP contribution >= 0.6 is 0 Å². The second-order valence-electron chi connectivity index (χ2n) is 6.11. The van der Waals surface area contributed by atoms with Crippen LogP contribution in [0.2, 0.25) is 0 Å². The highest BCUT2D eigenvalue weighted by Crippen LogP contribution is 2.26. The normalized spacial score (nSPS) is 10.2. The number of carbonyl (C=O) groups is 2. The van der Waals surface area contributed by atoms with Crippen molar-refractivity contribution in [2.75, 3.05) is 14.2 Å². The molecule has 0 bridgehead atoms. The van der Waals surface area contributed by atoms with Crippen molar-refractivity contribution in [2.45, 2.75) is 0 Å². The van der Waals surface area contributed by atoms with Gasteiger partial charge in [-0.15, -0.1) is 0 Å². The summed E-state index contributed by atoms with van der Waals surface area (Å²) >= 11 is 0. The summed E-state index contributed by atoms with van der Waals surface area (Å²) in [6.07, 6.45) is 0. The Hall–Kier alpha value is -4.20. The highest BCUT2D eigenvalue weighted by atomic mass is 16.6. The van der Waals surface area contributed by atoms with Crippen LogP contribution in [0.1, 0.15) is 26.3 Å². The lowest BCUT2D eigenvalue weighted by Crippen LogP contribution is -2.10. The SMILES string of the molecule is COc1ccc(C(=O)Oc2ccc(C(=O)c3ccc([N+](=O)[O-])cc3)cc2)c(OC)c1. The summed E-state index contributed by atoms with van der Waals surface area (Å²) in [5, 5.41) is 10.7. The van der Waals surface area contributed by atoms with Gasteiger partial charge in [-0.3, -0.25) is 14.9 Å². The molecule has 8 nitrogen and oxygen atoms in total. The average Bonchev–Trinajstić information content (AvgIpc) is 2.78. The third kappa shape index (κ3) is 4.44. The lowest BCUT2D eigenvalue weighted by Gasteiger charge is -2.10. The molecule has 0 heterocycles. The van der Waals surface area contributed by atoms with Crippen molar-refractivity contribution in [1.29, 1.82) is 0 Å². The maximum Gasteiger partial charge on any atom is 0.347 e. The maximum atomic E-state index is 12.5. The molecule has 0 aliphatic heterocycles. The minimum Gasteiger partial charge on any atom is -0.497 e. The molecular weight excluding hydrogens is 390 g/mol. The Balaban J connectivity index is 1.73. The number of ketones is 1. The molecule has 3 aromatic rings. The number of hydrogen-bond donors (Lipinski definition) is 0. The lowest BCUT2D eigenvalue weighted by atomic mass is 10.0. The van der Waals surface area contributed by atoms with Crippen molar-refractivity contribution < 1.29 is 28.7 Å². The van der Waals surface area contributed by atoms with Crippen LogP contribution in [0.15, 0.2) is 66.7 Å². The molecule has 3 aromatic carbocycles. The predicted molar refractivity (Wildman–Crippen MR) is 107 cm³/mol. The fourth-order valence-corrected chi connectivity index (χ4v) is 2.70. The Morgan fingerprint density at radius 3 is 1.90 bits per heavy atom. The van der Waals surface area contributed by atoms with E-state index in [-0.39, 0.29) is 22.8 Å². The fraction of sp³-hybridized carbons (Fsp3) is 0.0909. The van der Waals surface area contributed by atoms with Gasteiger partial charge >= 0.3 is 5.97 Å². The number of esters is 1. The number of benzene rings is 3. The van der Waals surface area contributed by atoms with Gasteiger partial charge in [0, 0.05) is 29.3 Å². The molecule has 0 unspecified atom stereocenters. The quantitative estimate of drug-likeness (QED) is 0.191. The number of rotatable bonds is 7. The van der Waals surface area contributed by atoms with Crippen molar-refractivity contribution >= 4 is 17.4 Å². The van der Waals surface area contributed by atoms with Gasteiger partial charge in [-0.25, -0.2) is 4.79 Å². The van der Waals surface area contributed by atoms with E-state index < -0.39 is 10.9 Å². The average molecular weight is 407 g/mol. The highest BCUT2D eigenvalue weighted by molar-refractivity contribution is 6.09. The van der Waals surface area contributed by atoms with Crippen LogP contribution in [0.4, 0.5) is 5.69 Å². The summed E-state index contributed by atoms with van der Waals surface area (Å²) in [4.78, 5) is 35.2. The molecule has 0 aliphatic carbocycles. The summed E-state index contributed by atoms with van der Waals surface area (Å²) in [7, 11) is 2.94. The Morgan fingerprint density at radius 2 is 1.37 bits per heavy atom. The molecule has 0 aliphatic rings. The Morgan fingerprint density at radius 1 is 0.800 bits per heavy atom. The lowest BCUT2D eigenvalue weighted by molar-refractivity contribution is -0.384. The minimum atomic E-state index is -0.621. The summed E-state index contributed by atoms with van der Waals surface area (Å²) < 4.78 is 15.7. The molecule has 0 saturated carbocycles. The van der Waals surface area contributed by atoms with Crippen LogP contribution in [0, 0.1) is 10.1 Å². The van der Waals surface area contributed by atoms with E-state index in [1.807, 2.05) is 0 Å². The van der Waals surface area contributed by atoms with E-state index in [9.17, 15) is 19.7 Å². The molecule has 152 valence electrons. The molecule has 0 saturated heterocycles. The number of non-ortho nitro benzene ring substituents is 1. The van der Waals surface area contributed by atoms with Gasteiger partial charge < -0.3 is 14.2 Å². The Kier molecular flexibility index (Phi) is 6.07. The van der Waals surface area contributed by atoms with Gasteiger partial charge in [-0.2, -0.15) is 0 Å². The number of nitrogens with zero attached hydrogens (tertiary/aromatic N) is 1. The molecule has 0 fully saturated rings. The third-order valence-electron chi connectivity index (χ3n) is 4.30. The summed E-state index contributed by atoms with van der Waals surface area (Å²) in [5.41, 5.74) is 0.797. The second kappa shape index (κ2) is 8.87. The van der Waals surface area contributed by atoms with Gasteiger partial charge in [-0.05, 0) is 48.5 Å². The van der Waals surface area contributed by atoms with Crippen molar-refractivity contribution in [3.05, 3.63) is 93.5 Å². The van der Waals surface area contributed by atoms with E-state index in [1.165, 1.54) is 68.8 Å². The van der Waals surface area contributed by atoms with Crippen LogP contribution in [-0.4, -0.2) is 30.9 Å². The van der Waals surface area contributed by atoms with E-state index in [2.05, 4.69) is 0 Å². The minimum absolute atomic E-state index is 0.0947. The van der Waals surface area contributed by atoms with Gasteiger partial charge in [0.25, 0.3) is 5.69 Å². The van der Waals surface area contributed by atoms with E-state index in [0.29, 0.717) is 22.6 Å². The molecule has 0 amide bonds. The summed E-state index contributed by atoms with van der Waals surface area (Å²) in [6, 6.07) is 16.1. The molecular formula is C22H17NO7. The Labute approximate surface area is 171 Å². The first kappa shape index (κ1) is 20.5. The van der Waals surface area contributed by atoms with Crippen molar-refractivity contribution in [1.82, 2.24) is 0 Å². The maximum absolute atomic E-state index is 12.5. The first-order valence-electron chi connectivity index (χ1n) is 8.76. The second-order valence-corrected chi connectivity index (χ2v) is 6.11. The van der Waals surface area contributed by atoms with E-state index >= 15 is 0 Å². The van der Waals surface area contributed by atoms with Crippen LogP contribution in [0.3, 0.4) is 0 Å². The monoisotopic (exact) mass is 407 g/mol. The molecule has 3 rings (SSSR count).